The normalized spacial score (nSPS) is 15.9. The van der Waals surface area contributed by atoms with E-state index in [0.29, 0.717) is 17.0 Å². The van der Waals surface area contributed by atoms with Crippen LogP contribution < -0.4 is 10.1 Å². The van der Waals surface area contributed by atoms with E-state index in [1.807, 2.05) is 48.5 Å². The van der Waals surface area contributed by atoms with Gasteiger partial charge in [0.05, 0.1) is 0 Å². The number of hydrogen-bond acceptors (Lipinski definition) is 4. The first-order valence-corrected chi connectivity index (χ1v) is 8.92. The van der Waals surface area contributed by atoms with Crippen molar-refractivity contribution in [1.82, 2.24) is 4.90 Å². The van der Waals surface area contributed by atoms with E-state index < -0.39 is 0 Å². The van der Waals surface area contributed by atoms with E-state index in [1.165, 1.54) is 0 Å². The number of likely N-dealkylation sites (tertiary alicyclic amines) is 1. The first-order valence-electron chi connectivity index (χ1n) is 8.92. The Morgan fingerprint density at radius 1 is 1.12 bits per heavy atom. The average Bonchev–Trinajstić information content (AvgIpc) is 3.10. The number of piperidine rings is 1. The lowest BCUT2D eigenvalue weighted by molar-refractivity contribution is 0.0998. The summed E-state index contributed by atoms with van der Waals surface area (Å²) in [5.41, 5.74) is 1.42. The molecule has 4 rings (SSSR count). The summed E-state index contributed by atoms with van der Waals surface area (Å²) in [7, 11) is 2.13. The molecule has 0 bridgehead atoms. The van der Waals surface area contributed by atoms with Crippen LogP contribution >= 0.6 is 0 Å². The molecule has 2 heterocycles. The smallest absolute Gasteiger partial charge is 0.291 e. The Labute approximate surface area is 152 Å². The standard InChI is InChI=1S/C21H22N2O3/c1-23-12-10-18(11-13-23)25-17-8-6-16(7-9-17)22-21(24)20-14-15-4-2-3-5-19(15)26-20/h2-9,14,18H,10-13H2,1H3,(H,22,24). The van der Waals surface area contributed by atoms with E-state index in [0.717, 1.165) is 37.1 Å². The van der Waals surface area contributed by atoms with Crippen molar-refractivity contribution in [3.05, 3.63) is 60.4 Å². The van der Waals surface area contributed by atoms with Gasteiger partial charge >= 0.3 is 0 Å². The first kappa shape index (κ1) is 16.7. The largest absolute Gasteiger partial charge is 0.490 e. The van der Waals surface area contributed by atoms with Gasteiger partial charge in [0.1, 0.15) is 17.4 Å². The summed E-state index contributed by atoms with van der Waals surface area (Å²) < 4.78 is 11.6. The lowest BCUT2D eigenvalue weighted by atomic mass is 10.1. The molecule has 1 aliphatic heterocycles. The molecule has 0 spiro atoms. The average molecular weight is 350 g/mol. The van der Waals surface area contributed by atoms with Crippen LogP contribution in [0, 0.1) is 0 Å². The second-order valence-electron chi connectivity index (χ2n) is 6.75. The highest BCUT2D eigenvalue weighted by Crippen LogP contribution is 2.23. The molecule has 1 N–H and O–H groups in total. The van der Waals surface area contributed by atoms with Crippen molar-refractivity contribution in [2.75, 3.05) is 25.5 Å². The van der Waals surface area contributed by atoms with Crippen molar-refractivity contribution in [3.63, 3.8) is 0 Å². The summed E-state index contributed by atoms with van der Waals surface area (Å²) >= 11 is 0. The zero-order chi connectivity index (χ0) is 17.9. The number of hydrogen-bond donors (Lipinski definition) is 1. The number of rotatable bonds is 4. The highest BCUT2D eigenvalue weighted by atomic mass is 16.5. The Kier molecular flexibility index (Phi) is 4.63. The molecule has 134 valence electrons. The van der Waals surface area contributed by atoms with Crippen LogP contribution in [0.3, 0.4) is 0 Å². The van der Waals surface area contributed by atoms with Crippen molar-refractivity contribution < 1.29 is 13.9 Å². The monoisotopic (exact) mass is 350 g/mol. The van der Waals surface area contributed by atoms with Crippen LogP contribution in [0.15, 0.2) is 59.0 Å². The fourth-order valence-electron chi connectivity index (χ4n) is 3.20. The van der Waals surface area contributed by atoms with Gasteiger partial charge in [0.2, 0.25) is 0 Å². The molecule has 5 heteroatoms. The van der Waals surface area contributed by atoms with Gasteiger partial charge in [0.15, 0.2) is 5.76 Å². The van der Waals surface area contributed by atoms with E-state index in [1.54, 1.807) is 6.07 Å². The lowest BCUT2D eigenvalue weighted by Gasteiger charge is -2.29. The molecule has 0 saturated carbocycles. The fourth-order valence-corrected chi connectivity index (χ4v) is 3.20. The molecule has 0 radical (unpaired) electrons. The van der Waals surface area contributed by atoms with E-state index in [-0.39, 0.29) is 12.0 Å². The summed E-state index contributed by atoms with van der Waals surface area (Å²) in [4.78, 5) is 14.7. The zero-order valence-electron chi connectivity index (χ0n) is 14.8. The molecule has 3 aromatic rings. The third kappa shape index (κ3) is 3.73. The minimum absolute atomic E-state index is 0.259. The molecule has 1 aliphatic rings. The molecule has 1 aromatic heterocycles. The van der Waals surface area contributed by atoms with Gasteiger partial charge in [-0.25, -0.2) is 0 Å². The SMILES string of the molecule is CN1CCC(Oc2ccc(NC(=O)c3cc4ccccc4o3)cc2)CC1. The summed E-state index contributed by atoms with van der Waals surface area (Å²) in [6, 6.07) is 16.8. The van der Waals surface area contributed by atoms with Gasteiger partial charge in [-0.15, -0.1) is 0 Å². The number of carbonyl (C=O) groups excluding carboxylic acids is 1. The van der Waals surface area contributed by atoms with Gasteiger partial charge in [0.25, 0.3) is 5.91 Å². The van der Waals surface area contributed by atoms with Crippen LogP contribution in [0.5, 0.6) is 5.75 Å². The van der Waals surface area contributed by atoms with Crippen LogP contribution in [0.2, 0.25) is 0 Å². The van der Waals surface area contributed by atoms with E-state index in [9.17, 15) is 4.79 Å². The highest BCUT2D eigenvalue weighted by Gasteiger charge is 2.18. The predicted molar refractivity (Wildman–Crippen MR) is 102 cm³/mol. The Morgan fingerprint density at radius 2 is 1.85 bits per heavy atom. The summed E-state index contributed by atoms with van der Waals surface area (Å²) in [6.07, 6.45) is 2.35. The van der Waals surface area contributed by atoms with E-state index in [4.69, 9.17) is 9.15 Å². The Morgan fingerprint density at radius 3 is 2.58 bits per heavy atom. The van der Waals surface area contributed by atoms with E-state index in [2.05, 4.69) is 17.3 Å². The van der Waals surface area contributed by atoms with Crippen LogP contribution in [0.25, 0.3) is 11.0 Å². The molecular weight excluding hydrogens is 328 g/mol. The number of para-hydroxylation sites is 1. The number of anilines is 1. The van der Waals surface area contributed by atoms with E-state index >= 15 is 0 Å². The van der Waals surface area contributed by atoms with Gasteiger partial charge in [-0.2, -0.15) is 0 Å². The number of fused-ring (bicyclic) bond motifs is 1. The maximum Gasteiger partial charge on any atom is 0.291 e. The number of furan rings is 1. The Balaban J connectivity index is 1.38. The van der Waals surface area contributed by atoms with Gasteiger partial charge in [0, 0.05) is 24.2 Å². The third-order valence-corrected chi connectivity index (χ3v) is 4.73. The van der Waals surface area contributed by atoms with Crippen LogP contribution in [0.4, 0.5) is 5.69 Å². The minimum Gasteiger partial charge on any atom is -0.490 e. The number of amides is 1. The first-order chi connectivity index (χ1) is 12.7. The number of nitrogens with zero attached hydrogens (tertiary/aromatic N) is 1. The number of benzene rings is 2. The van der Waals surface area contributed by atoms with Crippen LogP contribution in [-0.2, 0) is 0 Å². The molecule has 2 aromatic carbocycles. The fraction of sp³-hybridized carbons (Fsp3) is 0.286. The lowest BCUT2D eigenvalue weighted by Crippen LogP contribution is -2.35. The highest BCUT2D eigenvalue weighted by molar-refractivity contribution is 6.04. The molecular formula is C21H22N2O3. The molecule has 0 aliphatic carbocycles. The van der Waals surface area contributed by atoms with Crippen molar-refractivity contribution in [2.45, 2.75) is 18.9 Å². The predicted octanol–water partition coefficient (Wildman–Crippen LogP) is 4.16. The van der Waals surface area contributed by atoms with Gasteiger partial charge < -0.3 is 19.4 Å². The quantitative estimate of drug-likeness (QED) is 0.768. The molecule has 1 fully saturated rings. The second kappa shape index (κ2) is 7.22. The van der Waals surface area contributed by atoms with Gasteiger partial charge in [-0.05, 0) is 56.3 Å². The van der Waals surface area contributed by atoms with Gasteiger partial charge in [-0.3, -0.25) is 4.79 Å². The van der Waals surface area contributed by atoms with Crippen LogP contribution in [-0.4, -0.2) is 37.0 Å². The topological polar surface area (TPSA) is 54.7 Å². The van der Waals surface area contributed by atoms with Crippen molar-refractivity contribution >= 4 is 22.6 Å². The van der Waals surface area contributed by atoms with Crippen molar-refractivity contribution in [3.8, 4) is 5.75 Å². The van der Waals surface area contributed by atoms with Crippen molar-refractivity contribution in [1.29, 1.82) is 0 Å². The number of ether oxygens (including phenoxy) is 1. The molecule has 0 unspecified atom stereocenters. The number of nitrogens with one attached hydrogen (secondary N) is 1. The molecule has 0 atom stereocenters. The van der Waals surface area contributed by atoms with Crippen LogP contribution in [0.1, 0.15) is 23.4 Å². The summed E-state index contributed by atoms with van der Waals surface area (Å²) in [6.45, 7) is 2.13. The summed E-state index contributed by atoms with van der Waals surface area (Å²) in [5.74, 6) is 0.879. The third-order valence-electron chi connectivity index (χ3n) is 4.73. The molecule has 1 amide bonds. The second-order valence-corrected chi connectivity index (χ2v) is 6.75. The number of carbonyl (C=O) groups is 1. The minimum atomic E-state index is -0.259. The Hall–Kier alpha value is -2.79. The summed E-state index contributed by atoms with van der Waals surface area (Å²) in [5, 5.41) is 3.78. The zero-order valence-corrected chi connectivity index (χ0v) is 14.8. The maximum atomic E-state index is 12.4. The molecule has 1 saturated heterocycles. The Bertz CT molecular complexity index is 860. The maximum absolute atomic E-state index is 12.4. The van der Waals surface area contributed by atoms with Crippen molar-refractivity contribution in [2.24, 2.45) is 0 Å². The molecule has 5 nitrogen and oxygen atoms in total. The molecule has 26 heavy (non-hydrogen) atoms. The van der Waals surface area contributed by atoms with Gasteiger partial charge in [-0.1, -0.05) is 18.2 Å².